The summed E-state index contributed by atoms with van der Waals surface area (Å²) in [7, 11) is 0. The van der Waals surface area contributed by atoms with Gasteiger partial charge in [0.15, 0.2) is 0 Å². The highest BCUT2D eigenvalue weighted by Crippen LogP contribution is 2.30. The molecule has 3 heterocycles. The monoisotopic (exact) mass is 438 g/mol. The average molecular weight is 439 g/mol. The van der Waals surface area contributed by atoms with Gasteiger partial charge in [0.25, 0.3) is 5.91 Å². The smallest absolute Gasteiger partial charge is 0.251 e. The van der Waals surface area contributed by atoms with Gasteiger partial charge in [-0.25, -0.2) is 4.98 Å². The third-order valence-electron chi connectivity index (χ3n) is 5.15. The van der Waals surface area contributed by atoms with Gasteiger partial charge in [-0.2, -0.15) is 10.2 Å². The average Bonchev–Trinajstić information content (AvgIpc) is 3.24. The van der Waals surface area contributed by atoms with Crippen LogP contribution >= 0.6 is 11.3 Å². The standard InChI is InChI=1S/C23H26N4O3S/c1-15-3-4-20(27-26-15)13-24-22(28)18-9-19(23-25-12-16(2)31-23)11-21(10-18)30-14-17-5-7-29-8-6-17/h3-4,9-12,17H,5-8,13-14H2,1-2H3,(H,24,28). The van der Waals surface area contributed by atoms with Crippen LogP contribution in [0.3, 0.4) is 0 Å². The first-order chi connectivity index (χ1) is 15.1. The number of carbonyl (C=O) groups excluding carboxylic acids is 1. The number of aromatic nitrogens is 3. The normalized spacial score (nSPS) is 14.4. The summed E-state index contributed by atoms with van der Waals surface area (Å²) >= 11 is 1.59. The number of nitrogens with zero attached hydrogens (tertiary/aromatic N) is 3. The van der Waals surface area contributed by atoms with Crippen LogP contribution in [0.4, 0.5) is 0 Å². The van der Waals surface area contributed by atoms with Crippen molar-refractivity contribution in [3.05, 3.63) is 58.4 Å². The number of aryl methyl sites for hydroxylation is 2. The van der Waals surface area contributed by atoms with E-state index in [1.165, 1.54) is 0 Å². The van der Waals surface area contributed by atoms with E-state index in [0.717, 1.165) is 47.2 Å². The molecular formula is C23H26N4O3S. The molecule has 2 aromatic heterocycles. The summed E-state index contributed by atoms with van der Waals surface area (Å²) in [6.45, 7) is 6.38. The van der Waals surface area contributed by atoms with Gasteiger partial charge < -0.3 is 14.8 Å². The predicted octanol–water partition coefficient (Wildman–Crippen LogP) is 3.95. The molecule has 3 aromatic rings. The van der Waals surface area contributed by atoms with Crippen molar-refractivity contribution in [1.29, 1.82) is 0 Å². The van der Waals surface area contributed by atoms with Crippen LogP contribution in [0.5, 0.6) is 5.75 Å². The fourth-order valence-electron chi connectivity index (χ4n) is 3.35. The Hall–Kier alpha value is -2.84. The van der Waals surface area contributed by atoms with Gasteiger partial charge in [-0.05, 0) is 62.9 Å². The molecule has 0 atom stereocenters. The van der Waals surface area contributed by atoms with Gasteiger partial charge in [-0.1, -0.05) is 0 Å². The third kappa shape index (κ3) is 5.86. The molecule has 162 valence electrons. The molecule has 0 radical (unpaired) electrons. The van der Waals surface area contributed by atoms with Gasteiger partial charge in [-0.3, -0.25) is 4.79 Å². The molecule has 31 heavy (non-hydrogen) atoms. The first kappa shape index (κ1) is 21.4. The largest absolute Gasteiger partial charge is 0.493 e. The Morgan fingerprint density at radius 2 is 2.03 bits per heavy atom. The van der Waals surface area contributed by atoms with Gasteiger partial charge in [0.1, 0.15) is 10.8 Å². The summed E-state index contributed by atoms with van der Waals surface area (Å²) in [5.41, 5.74) is 2.96. The number of ether oxygens (including phenoxy) is 2. The minimum absolute atomic E-state index is 0.187. The second kappa shape index (κ2) is 9.98. The van der Waals surface area contributed by atoms with Gasteiger partial charge in [0.05, 0.1) is 24.5 Å². The summed E-state index contributed by atoms with van der Waals surface area (Å²) in [6, 6.07) is 9.34. The lowest BCUT2D eigenvalue weighted by molar-refractivity contribution is 0.0497. The highest BCUT2D eigenvalue weighted by molar-refractivity contribution is 7.14. The second-order valence-electron chi connectivity index (χ2n) is 7.74. The van der Waals surface area contributed by atoms with E-state index >= 15 is 0 Å². The summed E-state index contributed by atoms with van der Waals surface area (Å²) in [6.07, 6.45) is 3.83. The van der Waals surface area contributed by atoms with Crippen LogP contribution in [-0.2, 0) is 11.3 Å². The molecule has 1 fully saturated rings. The number of hydrogen-bond acceptors (Lipinski definition) is 7. The highest BCUT2D eigenvalue weighted by atomic mass is 32.1. The molecule has 0 aliphatic carbocycles. The number of thiazole rings is 1. The van der Waals surface area contributed by atoms with E-state index in [2.05, 4.69) is 20.5 Å². The summed E-state index contributed by atoms with van der Waals surface area (Å²) in [5.74, 6) is 0.961. The maximum atomic E-state index is 12.9. The quantitative estimate of drug-likeness (QED) is 0.601. The van der Waals surface area contributed by atoms with Gasteiger partial charge >= 0.3 is 0 Å². The number of benzene rings is 1. The van der Waals surface area contributed by atoms with Gasteiger partial charge in [0.2, 0.25) is 0 Å². The lowest BCUT2D eigenvalue weighted by Gasteiger charge is -2.22. The molecule has 1 saturated heterocycles. The Kier molecular flexibility index (Phi) is 6.89. The molecule has 0 spiro atoms. The van der Waals surface area contributed by atoms with E-state index in [1.807, 2.05) is 44.3 Å². The van der Waals surface area contributed by atoms with Gasteiger partial charge in [0, 0.05) is 35.4 Å². The maximum absolute atomic E-state index is 12.9. The van der Waals surface area contributed by atoms with Crippen LogP contribution in [0.1, 0.15) is 39.5 Å². The van der Waals surface area contributed by atoms with Crippen LogP contribution < -0.4 is 10.1 Å². The lowest BCUT2D eigenvalue weighted by atomic mass is 10.0. The molecule has 1 aromatic carbocycles. The van der Waals surface area contributed by atoms with Crippen molar-refractivity contribution in [3.8, 4) is 16.3 Å². The minimum Gasteiger partial charge on any atom is -0.493 e. The summed E-state index contributed by atoms with van der Waals surface area (Å²) < 4.78 is 11.5. The molecule has 0 bridgehead atoms. The molecule has 0 unspecified atom stereocenters. The molecule has 4 rings (SSSR count). The number of carbonyl (C=O) groups is 1. The molecule has 1 N–H and O–H groups in total. The fourth-order valence-corrected chi connectivity index (χ4v) is 4.10. The first-order valence-electron chi connectivity index (χ1n) is 10.4. The van der Waals surface area contributed by atoms with Crippen molar-refractivity contribution in [3.63, 3.8) is 0 Å². The topological polar surface area (TPSA) is 86.2 Å². The molecule has 8 heteroatoms. The van der Waals surface area contributed by atoms with Crippen LogP contribution in [0, 0.1) is 19.8 Å². The molecule has 1 aliphatic rings. The lowest BCUT2D eigenvalue weighted by Crippen LogP contribution is -2.24. The molecule has 1 aliphatic heterocycles. The molecular weight excluding hydrogens is 412 g/mol. The second-order valence-corrected chi connectivity index (χ2v) is 8.97. The first-order valence-corrected chi connectivity index (χ1v) is 11.2. The maximum Gasteiger partial charge on any atom is 0.251 e. The van der Waals surface area contributed by atoms with Crippen molar-refractivity contribution >= 4 is 17.2 Å². The Bertz CT molecular complexity index is 1030. The van der Waals surface area contributed by atoms with E-state index in [1.54, 1.807) is 17.4 Å². The number of amides is 1. The Balaban J connectivity index is 1.51. The van der Waals surface area contributed by atoms with Crippen LogP contribution in [0.2, 0.25) is 0 Å². The number of rotatable bonds is 7. The minimum atomic E-state index is -0.187. The third-order valence-corrected chi connectivity index (χ3v) is 6.11. The van der Waals surface area contributed by atoms with Crippen molar-refractivity contribution in [2.75, 3.05) is 19.8 Å². The number of hydrogen-bond donors (Lipinski definition) is 1. The van der Waals surface area contributed by atoms with Crippen molar-refractivity contribution in [2.24, 2.45) is 5.92 Å². The zero-order valence-electron chi connectivity index (χ0n) is 17.8. The zero-order valence-corrected chi connectivity index (χ0v) is 18.6. The van der Waals surface area contributed by atoms with E-state index in [-0.39, 0.29) is 5.91 Å². The van der Waals surface area contributed by atoms with Crippen molar-refractivity contribution in [1.82, 2.24) is 20.5 Å². The fraction of sp³-hybridized carbons (Fsp3) is 0.391. The predicted molar refractivity (Wildman–Crippen MR) is 119 cm³/mol. The Morgan fingerprint density at radius 1 is 1.19 bits per heavy atom. The van der Waals surface area contributed by atoms with Crippen LogP contribution in [0.15, 0.2) is 36.5 Å². The van der Waals surface area contributed by atoms with Crippen molar-refractivity contribution < 1.29 is 14.3 Å². The zero-order chi connectivity index (χ0) is 21.6. The van der Waals surface area contributed by atoms with E-state index in [0.29, 0.717) is 36.1 Å². The molecule has 1 amide bonds. The number of nitrogens with one attached hydrogen (secondary N) is 1. The highest BCUT2D eigenvalue weighted by Gasteiger charge is 2.17. The molecule has 7 nitrogen and oxygen atoms in total. The summed E-state index contributed by atoms with van der Waals surface area (Å²) in [5, 5.41) is 11.9. The van der Waals surface area contributed by atoms with Crippen molar-refractivity contribution in [2.45, 2.75) is 33.2 Å². The summed E-state index contributed by atoms with van der Waals surface area (Å²) in [4.78, 5) is 18.5. The molecule has 0 saturated carbocycles. The van der Waals surface area contributed by atoms with E-state index in [9.17, 15) is 4.79 Å². The van der Waals surface area contributed by atoms with Crippen LogP contribution in [0.25, 0.3) is 10.6 Å². The van der Waals surface area contributed by atoms with E-state index in [4.69, 9.17) is 9.47 Å². The Morgan fingerprint density at radius 3 is 2.74 bits per heavy atom. The SMILES string of the molecule is Cc1ccc(CNC(=O)c2cc(OCC3CCOCC3)cc(-c3ncc(C)s3)c2)nn1. The Labute approximate surface area is 185 Å². The van der Waals surface area contributed by atoms with Crippen LogP contribution in [-0.4, -0.2) is 40.9 Å². The van der Waals surface area contributed by atoms with Gasteiger partial charge in [-0.15, -0.1) is 11.3 Å². The van der Waals surface area contributed by atoms with E-state index < -0.39 is 0 Å².